The Kier molecular flexibility index (Phi) is 11.2. The van der Waals surface area contributed by atoms with Crippen LogP contribution in [0, 0.1) is 11.8 Å². The number of ether oxygens (including phenoxy) is 1. The summed E-state index contributed by atoms with van der Waals surface area (Å²) in [6.45, 7) is 9.64. The Bertz CT molecular complexity index is 603. The largest absolute Gasteiger partial charge is 0.493 e. The average molecular weight is 488 g/mol. The van der Waals surface area contributed by atoms with Gasteiger partial charge in [0, 0.05) is 25.6 Å². The van der Waals surface area contributed by atoms with Gasteiger partial charge in [-0.3, -0.25) is 4.79 Å². The monoisotopic (exact) mass is 488 g/mol. The summed E-state index contributed by atoms with van der Waals surface area (Å²) >= 11 is 0. The summed E-state index contributed by atoms with van der Waals surface area (Å²) in [5.74, 6) is 2.56. The fourth-order valence-corrected chi connectivity index (χ4v) is 2.37. The van der Waals surface area contributed by atoms with E-state index >= 15 is 0 Å². The molecular weight excluding hydrogens is 455 g/mol. The molecule has 1 aliphatic rings. The van der Waals surface area contributed by atoms with Gasteiger partial charge < -0.3 is 20.7 Å². The molecule has 152 valence electrons. The van der Waals surface area contributed by atoms with Crippen LogP contribution in [-0.2, 0) is 11.3 Å². The molecule has 3 N–H and O–H groups in total. The molecule has 0 atom stereocenters. The van der Waals surface area contributed by atoms with Gasteiger partial charge in [-0.1, -0.05) is 26.0 Å². The summed E-state index contributed by atoms with van der Waals surface area (Å²) in [6, 6.07) is 8.05. The third-order valence-electron chi connectivity index (χ3n) is 3.91. The van der Waals surface area contributed by atoms with E-state index in [-0.39, 0.29) is 35.8 Å². The molecule has 1 fully saturated rings. The van der Waals surface area contributed by atoms with E-state index in [1.54, 1.807) is 0 Å². The second kappa shape index (κ2) is 12.8. The number of benzene rings is 1. The lowest BCUT2D eigenvalue weighted by Gasteiger charge is -2.12. The summed E-state index contributed by atoms with van der Waals surface area (Å²) in [5, 5.41) is 9.42. The number of amides is 1. The lowest BCUT2D eigenvalue weighted by Crippen LogP contribution is -2.41. The first kappa shape index (κ1) is 23.5. The predicted molar refractivity (Wildman–Crippen MR) is 121 cm³/mol. The standard InChI is InChI=1S/C20H32N4O2.HI/c1-4-21-20(23-11-10-22-19(25)17-8-9-17)24-13-16-6-5-7-18(12-16)26-14-15(2)3;/h5-7,12,15,17H,4,8-11,13-14H2,1-3H3,(H,22,25)(H2,21,23,24);1H. The van der Waals surface area contributed by atoms with Gasteiger partial charge in [0.1, 0.15) is 5.75 Å². The predicted octanol–water partition coefficient (Wildman–Crippen LogP) is 2.92. The van der Waals surface area contributed by atoms with Crippen LogP contribution in [-0.4, -0.2) is 38.1 Å². The topological polar surface area (TPSA) is 74.8 Å². The second-order valence-electron chi connectivity index (χ2n) is 7.04. The maximum atomic E-state index is 11.6. The van der Waals surface area contributed by atoms with Gasteiger partial charge in [0.15, 0.2) is 5.96 Å². The Labute approximate surface area is 179 Å². The van der Waals surface area contributed by atoms with Gasteiger partial charge in [-0.15, -0.1) is 24.0 Å². The van der Waals surface area contributed by atoms with Crippen LogP contribution in [0.5, 0.6) is 5.75 Å². The van der Waals surface area contributed by atoms with Crippen molar-refractivity contribution in [3.05, 3.63) is 29.8 Å². The van der Waals surface area contributed by atoms with Crippen LogP contribution in [0.3, 0.4) is 0 Å². The van der Waals surface area contributed by atoms with Crippen LogP contribution in [0.4, 0.5) is 0 Å². The number of nitrogens with one attached hydrogen (secondary N) is 3. The zero-order valence-corrected chi connectivity index (χ0v) is 18.9. The number of nitrogens with zero attached hydrogens (tertiary/aromatic N) is 1. The van der Waals surface area contributed by atoms with Crippen LogP contribution < -0.4 is 20.7 Å². The molecule has 1 amide bonds. The normalized spacial score (nSPS) is 13.7. The summed E-state index contributed by atoms with van der Waals surface area (Å²) < 4.78 is 5.77. The van der Waals surface area contributed by atoms with E-state index in [1.165, 1.54) is 0 Å². The number of hydrogen-bond acceptors (Lipinski definition) is 3. The van der Waals surface area contributed by atoms with Crippen molar-refractivity contribution in [1.29, 1.82) is 0 Å². The second-order valence-corrected chi connectivity index (χ2v) is 7.04. The van der Waals surface area contributed by atoms with Crippen LogP contribution in [0.15, 0.2) is 29.3 Å². The van der Waals surface area contributed by atoms with Gasteiger partial charge in [0.2, 0.25) is 5.91 Å². The number of aliphatic imine (C=N–C) groups is 1. The molecule has 0 aromatic heterocycles. The van der Waals surface area contributed by atoms with Crippen molar-refractivity contribution in [2.24, 2.45) is 16.8 Å². The first-order valence-corrected chi connectivity index (χ1v) is 9.60. The number of halogens is 1. The molecule has 27 heavy (non-hydrogen) atoms. The third kappa shape index (κ3) is 9.83. The molecule has 1 aromatic carbocycles. The molecule has 0 heterocycles. The molecule has 0 unspecified atom stereocenters. The number of carbonyl (C=O) groups excluding carboxylic acids is 1. The zero-order valence-electron chi connectivity index (χ0n) is 16.6. The average Bonchev–Trinajstić information content (AvgIpc) is 3.47. The minimum Gasteiger partial charge on any atom is -0.493 e. The number of rotatable bonds is 10. The smallest absolute Gasteiger partial charge is 0.223 e. The molecule has 1 saturated carbocycles. The summed E-state index contributed by atoms with van der Waals surface area (Å²) in [7, 11) is 0. The minimum absolute atomic E-state index is 0. The maximum absolute atomic E-state index is 11.6. The van der Waals surface area contributed by atoms with Crippen molar-refractivity contribution in [1.82, 2.24) is 16.0 Å². The molecule has 1 aromatic rings. The first-order valence-electron chi connectivity index (χ1n) is 9.60. The highest BCUT2D eigenvalue weighted by Gasteiger charge is 2.28. The van der Waals surface area contributed by atoms with Crippen molar-refractivity contribution in [2.45, 2.75) is 40.2 Å². The van der Waals surface area contributed by atoms with Crippen molar-refractivity contribution in [3.63, 3.8) is 0 Å². The van der Waals surface area contributed by atoms with Gasteiger partial charge in [-0.2, -0.15) is 0 Å². The Hall–Kier alpha value is -1.51. The molecular formula is C20H33IN4O2. The Morgan fingerprint density at radius 3 is 2.63 bits per heavy atom. The Morgan fingerprint density at radius 1 is 1.22 bits per heavy atom. The molecule has 6 nitrogen and oxygen atoms in total. The van der Waals surface area contributed by atoms with Crippen LogP contribution in [0.1, 0.15) is 39.2 Å². The van der Waals surface area contributed by atoms with Crippen LogP contribution in [0.25, 0.3) is 0 Å². The van der Waals surface area contributed by atoms with Crippen molar-refractivity contribution in [3.8, 4) is 5.75 Å². The van der Waals surface area contributed by atoms with E-state index in [2.05, 4.69) is 34.8 Å². The fourth-order valence-electron chi connectivity index (χ4n) is 2.37. The van der Waals surface area contributed by atoms with Gasteiger partial charge >= 0.3 is 0 Å². The van der Waals surface area contributed by atoms with Gasteiger partial charge in [0.25, 0.3) is 0 Å². The van der Waals surface area contributed by atoms with Gasteiger partial charge in [-0.25, -0.2) is 4.99 Å². The lowest BCUT2D eigenvalue weighted by molar-refractivity contribution is -0.122. The van der Waals surface area contributed by atoms with Gasteiger partial charge in [-0.05, 0) is 43.4 Å². The molecule has 1 aliphatic carbocycles. The van der Waals surface area contributed by atoms with E-state index in [9.17, 15) is 4.79 Å². The highest BCUT2D eigenvalue weighted by Crippen LogP contribution is 2.28. The SMILES string of the molecule is CCNC(=NCc1cccc(OCC(C)C)c1)NCCNC(=O)C1CC1.I. The molecule has 0 radical (unpaired) electrons. The number of guanidine groups is 1. The highest BCUT2D eigenvalue weighted by molar-refractivity contribution is 14.0. The van der Waals surface area contributed by atoms with Gasteiger partial charge in [0.05, 0.1) is 13.2 Å². The minimum atomic E-state index is 0. The maximum Gasteiger partial charge on any atom is 0.223 e. The molecule has 0 saturated heterocycles. The first-order chi connectivity index (χ1) is 12.6. The third-order valence-corrected chi connectivity index (χ3v) is 3.91. The summed E-state index contributed by atoms with van der Waals surface area (Å²) in [6.07, 6.45) is 2.06. The zero-order chi connectivity index (χ0) is 18.8. The fraction of sp³-hybridized carbons (Fsp3) is 0.600. The highest BCUT2D eigenvalue weighted by atomic mass is 127. The summed E-state index contributed by atoms with van der Waals surface area (Å²) in [5.41, 5.74) is 1.10. The summed E-state index contributed by atoms with van der Waals surface area (Å²) in [4.78, 5) is 16.2. The number of hydrogen-bond donors (Lipinski definition) is 3. The van der Waals surface area contributed by atoms with Crippen LogP contribution >= 0.6 is 24.0 Å². The molecule has 0 aliphatic heterocycles. The van der Waals surface area contributed by atoms with E-state index < -0.39 is 0 Å². The van der Waals surface area contributed by atoms with Crippen molar-refractivity contribution >= 4 is 35.8 Å². The molecule has 2 rings (SSSR count). The van der Waals surface area contributed by atoms with Crippen molar-refractivity contribution < 1.29 is 9.53 Å². The lowest BCUT2D eigenvalue weighted by atomic mass is 10.2. The van der Waals surface area contributed by atoms with E-state index in [1.807, 2.05) is 31.2 Å². The van der Waals surface area contributed by atoms with E-state index in [0.717, 1.165) is 36.7 Å². The molecule has 7 heteroatoms. The molecule has 0 spiro atoms. The van der Waals surface area contributed by atoms with E-state index in [0.29, 0.717) is 32.2 Å². The number of carbonyl (C=O) groups is 1. The van der Waals surface area contributed by atoms with Crippen LogP contribution in [0.2, 0.25) is 0 Å². The Balaban J connectivity index is 0.00000364. The van der Waals surface area contributed by atoms with E-state index in [4.69, 9.17) is 4.74 Å². The molecule has 0 bridgehead atoms. The Morgan fingerprint density at radius 2 is 1.96 bits per heavy atom. The van der Waals surface area contributed by atoms with Crippen molar-refractivity contribution in [2.75, 3.05) is 26.2 Å². The quantitative estimate of drug-likeness (QED) is 0.205.